The predicted octanol–water partition coefficient (Wildman–Crippen LogP) is 0.854. The van der Waals surface area contributed by atoms with Crippen molar-refractivity contribution in [1.82, 2.24) is 29.4 Å². The van der Waals surface area contributed by atoms with E-state index in [0.717, 1.165) is 30.9 Å². The van der Waals surface area contributed by atoms with E-state index in [9.17, 15) is 9.90 Å². The third-order valence-electron chi connectivity index (χ3n) is 4.89. The number of hydrogen-bond donors (Lipinski definition) is 1. The Morgan fingerprint density at radius 2 is 2.15 bits per heavy atom. The fraction of sp³-hybridized carbons (Fsp3) is 0.444. The first-order valence-electron chi connectivity index (χ1n) is 8.87. The Balaban J connectivity index is 1.76. The van der Waals surface area contributed by atoms with Crippen molar-refractivity contribution in [2.75, 3.05) is 13.2 Å². The first kappa shape index (κ1) is 16.9. The van der Waals surface area contributed by atoms with Crippen molar-refractivity contribution in [2.24, 2.45) is 7.05 Å². The molecule has 1 saturated heterocycles. The SMILES string of the molecule is Cn1cc(CN2CCCC2c2nc3ccccc3c(=O)n2CCO)nn1. The summed E-state index contributed by atoms with van der Waals surface area (Å²) in [5.74, 6) is 0.726. The maximum atomic E-state index is 12.9. The Bertz CT molecular complexity index is 979. The monoisotopic (exact) mass is 354 g/mol. The Labute approximate surface area is 150 Å². The summed E-state index contributed by atoms with van der Waals surface area (Å²) < 4.78 is 3.32. The molecule has 0 saturated carbocycles. The zero-order valence-electron chi connectivity index (χ0n) is 14.7. The number of nitrogens with zero attached hydrogens (tertiary/aromatic N) is 6. The van der Waals surface area contributed by atoms with Gasteiger partial charge in [-0.05, 0) is 31.5 Å². The lowest BCUT2D eigenvalue weighted by atomic mass is 10.1. The van der Waals surface area contributed by atoms with Gasteiger partial charge < -0.3 is 5.11 Å². The minimum Gasteiger partial charge on any atom is -0.395 e. The molecule has 0 aliphatic carbocycles. The number of benzene rings is 1. The number of rotatable bonds is 5. The lowest BCUT2D eigenvalue weighted by Gasteiger charge is -2.25. The predicted molar refractivity (Wildman–Crippen MR) is 96.5 cm³/mol. The average Bonchev–Trinajstić information content (AvgIpc) is 3.27. The summed E-state index contributed by atoms with van der Waals surface area (Å²) in [5.41, 5.74) is 1.51. The zero-order chi connectivity index (χ0) is 18.1. The van der Waals surface area contributed by atoms with Crippen molar-refractivity contribution in [1.29, 1.82) is 0 Å². The summed E-state index contributed by atoms with van der Waals surface area (Å²) in [4.78, 5) is 20.0. The van der Waals surface area contributed by atoms with Gasteiger partial charge >= 0.3 is 0 Å². The quantitative estimate of drug-likeness (QED) is 0.731. The summed E-state index contributed by atoms with van der Waals surface area (Å²) in [6.45, 7) is 1.74. The fourth-order valence-corrected chi connectivity index (χ4v) is 3.74. The molecular weight excluding hydrogens is 332 g/mol. The van der Waals surface area contributed by atoms with Gasteiger partial charge in [0.2, 0.25) is 0 Å². The maximum Gasteiger partial charge on any atom is 0.261 e. The molecule has 0 spiro atoms. The van der Waals surface area contributed by atoms with Crippen LogP contribution < -0.4 is 5.56 Å². The van der Waals surface area contributed by atoms with Gasteiger partial charge in [0.15, 0.2) is 0 Å². The summed E-state index contributed by atoms with van der Waals surface area (Å²) >= 11 is 0. The molecule has 1 unspecified atom stereocenters. The van der Waals surface area contributed by atoms with Gasteiger partial charge in [-0.25, -0.2) is 4.98 Å². The average molecular weight is 354 g/mol. The van der Waals surface area contributed by atoms with Crippen LogP contribution in [-0.2, 0) is 20.1 Å². The molecule has 0 radical (unpaired) electrons. The van der Waals surface area contributed by atoms with Gasteiger partial charge in [0.05, 0.1) is 35.8 Å². The lowest BCUT2D eigenvalue weighted by molar-refractivity contribution is 0.221. The van der Waals surface area contributed by atoms with Crippen LogP contribution in [0.5, 0.6) is 0 Å². The molecule has 1 aromatic carbocycles. The van der Waals surface area contributed by atoms with Crippen LogP contribution >= 0.6 is 0 Å². The summed E-state index contributed by atoms with van der Waals surface area (Å²) in [7, 11) is 1.85. The molecule has 8 heteroatoms. The van der Waals surface area contributed by atoms with E-state index in [2.05, 4.69) is 15.2 Å². The van der Waals surface area contributed by atoms with E-state index in [4.69, 9.17) is 4.98 Å². The van der Waals surface area contributed by atoms with E-state index >= 15 is 0 Å². The van der Waals surface area contributed by atoms with Crippen LogP contribution in [0.25, 0.3) is 10.9 Å². The van der Waals surface area contributed by atoms with Crippen LogP contribution in [-0.4, -0.2) is 47.7 Å². The summed E-state index contributed by atoms with van der Waals surface area (Å²) in [5, 5.41) is 18.2. The van der Waals surface area contributed by atoms with Gasteiger partial charge in [-0.15, -0.1) is 5.10 Å². The molecule has 1 aliphatic heterocycles. The van der Waals surface area contributed by atoms with Crippen LogP contribution in [0.2, 0.25) is 0 Å². The highest BCUT2D eigenvalue weighted by Gasteiger charge is 2.30. The highest BCUT2D eigenvalue weighted by Crippen LogP contribution is 2.32. The third-order valence-corrected chi connectivity index (χ3v) is 4.89. The van der Waals surface area contributed by atoms with E-state index in [1.165, 1.54) is 0 Å². The van der Waals surface area contributed by atoms with Crippen LogP contribution in [0.1, 0.15) is 30.4 Å². The fourth-order valence-electron chi connectivity index (χ4n) is 3.74. The Hall–Kier alpha value is -2.58. The van der Waals surface area contributed by atoms with Crippen LogP contribution in [0.15, 0.2) is 35.3 Å². The Morgan fingerprint density at radius 1 is 1.31 bits per heavy atom. The Kier molecular flexibility index (Phi) is 4.52. The van der Waals surface area contributed by atoms with E-state index in [-0.39, 0.29) is 24.8 Å². The molecule has 3 heterocycles. The minimum absolute atomic E-state index is 0.0286. The number of aromatic nitrogens is 5. The molecule has 3 aromatic rings. The van der Waals surface area contributed by atoms with Crippen molar-refractivity contribution in [3.63, 3.8) is 0 Å². The van der Waals surface area contributed by atoms with Crippen LogP contribution in [0.4, 0.5) is 0 Å². The molecule has 8 nitrogen and oxygen atoms in total. The van der Waals surface area contributed by atoms with Gasteiger partial charge in [0, 0.05) is 19.8 Å². The molecule has 1 fully saturated rings. The highest BCUT2D eigenvalue weighted by atomic mass is 16.3. The highest BCUT2D eigenvalue weighted by molar-refractivity contribution is 5.77. The molecule has 0 amide bonds. The molecule has 1 N–H and O–H groups in total. The molecule has 136 valence electrons. The molecule has 0 bridgehead atoms. The number of aryl methyl sites for hydroxylation is 1. The van der Waals surface area contributed by atoms with Gasteiger partial charge in [0.1, 0.15) is 5.82 Å². The standard InChI is InChI=1S/C18H22N6O2/c1-22-11-13(20-21-22)12-23-8-4-7-16(23)17-19-15-6-3-2-5-14(15)18(26)24(17)9-10-25/h2-3,5-6,11,16,25H,4,7-10,12H2,1H3. The molecule has 1 atom stereocenters. The molecule has 2 aromatic heterocycles. The van der Waals surface area contributed by atoms with E-state index < -0.39 is 0 Å². The zero-order valence-corrected chi connectivity index (χ0v) is 14.7. The summed E-state index contributed by atoms with van der Waals surface area (Å²) in [6, 6.07) is 7.41. The van der Waals surface area contributed by atoms with Gasteiger partial charge in [-0.3, -0.25) is 18.9 Å². The third kappa shape index (κ3) is 3.02. The number of fused-ring (bicyclic) bond motifs is 1. The summed E-state index contributed by atoms with van der Waals surface area (Å²) in [6.07, 6.45) is 3.87. The van der Waals surface area contributed by atoms with Crippen LogP contribution in [0, 0.1) is 0 Å². The van der Waals surface area contributed by atoms with E-state index in [0.29, 0.717) is 17.4 Å². The lowest BCUT2D eigenvalue weighted by Crippen LogP contribution is -2.33. The van der Waals surface area contributed by atoms with Crippen molar-refractivity contribution in [2.45, 2.75) is 32.0 Å². The van der Waals surface area contributed by atoms with Gasteiger partial charge in [-0.2, -0.15) is 0 Å². The number of para-hydroxylation sites is 1. The second kappa shape index (κ2) is 6.97. The van der Waals surface area contributed by atoms with Gasteiger partial charge in [0.25, 0.3) is 5.56 Å². The van der Waals surface area contributed by atoms with E-state index in [1.807, 2.05) is 31.4 Å². The smallest absolute Gasteiger partial charge is 0.261 e. The minimum atomic E-state index is -0.0934. The largest absolute Gasteiger partial charge is 0.395 e. The molecular formula is C18H22N6O2. The topological polar surface area (TPSA) is 89.1 Å². The second-order valence-corrected chi connectivity index (χ2v) is 6.68. The van der Waals surface area contributed by atoms with Crippen molar-refractivity contribution in [3.05, 3.63) is 52.3 Å². The van der Waals surface area contributed by atoms with Crippen LogP contribution in [0.3, 0.4) is 0 Å². The second-order valence-electron chi connectivity index (χ2n) is 6.68. The van der Waals surface area contributed by atoms with Gasteiger partial charge in [-0.1, -0.05) is 17.3 Å². The first-order valence-corrected chi connectivity index (χ1v) is 8.87. The van der Waals surface area contributed by atoms with Crippen molar-refractivity contribution >= 4 is 10.9 Å². The maximum absolute atomic E-state index is 12.9. The number of aliphatic hydroxyl groups excluding tert-OH is 1. The molecule has 26 heavy (non-hydrogen) atoms. The number of hydrogen-bond acceptors (Lipinski definition) is 6. The van der Waals surface area contributed by atoms with E-state index in [1.54, 1.807) is 15.3 Å². The molecule has 1 aliphatic rings. The van der Waals surface area contributed by atoms with Crippen molar-refractivity contribution in [3.8, 4) is 0 Å². The normalized spacial score (nSPS) is 18.0. The molecule has 4 rings (SSSR count). The first-order chi connectivity index (χ1) is 12.7. The number of aliphatic hydroxyl groups is 1. The van der Waals surface area contributed by atoms with Crippen molar-refractivity contribution < 1.29 is 5.11 Å². The number of likely N-dealkylation sites (tertiary alicyclic amines) is 1. The Morgan fingerprint density at radius 3 is 2.92 bits per heavy atom.